The third-order valence-corrected chi connectivity index (χ3v) is 3.46. The van der Waals surface area contributed by atoms with Gasteiger partial charge in [0.05, 0.1) is 10.3 Å². The third kappa shape index (κ3) is 3.48. The number of alkyl halides is 1. The topological polar surface area (TPSA) is 46.4 Å². The maximum Gasteiger partial charge on any atom is 0.269 e. The third-order valence-electron chi connectivity index (χ3n) is 3.07. The number of benzene rings is 2. The van der Waals surface area contributed by atoms with Gasteiger partial charge in [0.2, 0.25) is 0 Å². The molecule has 0 aliphatic heterocycles. The van der Waals surface area contributed by atoms with Crippen molar-refractivity contribution in [1.82, 2.24) is 0 Å². The molecule has 0 heterocycles. The predicted molar refractivity (Wildman–Crippen MR) is 81.4 cm³/mol. The second-order valence-corrected chi connectivity index (χ2v) is 5.06. The van der Waals surface area contributed by atoms with Crippen LogP contribution in [0.4, 0.5) is 11.4 Å². The zero-order chi connectivity index (χ0) is 14.5. The Morgan fingerprint density at radius 3 is 2.55 bits per heavy atom. The van der Waals surface area contributed by atoms with E-state index in [1.165, 1.54) is 12.1 Å². The average Bonchev–Trinajstić information content (AvgIpc) is 2.48. The summed E-state index contributed by atoms with van der Waals surface area (Å²) in [6, 6.07) is 16.3. The smallest absolute Gasteiger partial charge is 0.269 e. The van der Waals surface area contributed by atoms with E-state index in [1.807, 2.05) is 48.3 Å². The van der Waals surface area contributed by atoms with Gasteiger partial charge in [-0.05, 0) is 17.7 Å². The van der Waals surface area contributed by atoms with Gasteiger partial charge < -0.3 is 4.90 Å². The van der Waals surface area contributed by atoms with Gasteiger partial charge in [0.25, 0.3) is 5.69 Å². The lowest BCUT2D eigenvalue weighted by Gasteiger charge is -2.22. The molecular weight excluding hydrogens is 276 g/mol. The summed E-state index contributed by atoms with van der Waals surface area (Å²) < 4.78 is 0. The lowest BCUT2D eigenvalue weighted by atomic mass is 10.1. The van der Waals surface area contributed by atoms with Gasteiger partial charge in [-0.15, -0.1) is 11.6 Å². The Kier molecular flexibility index (Phi) is 4.58. The summed E-state index contributed by atoms with van der Waals surface area (Å²) in [5.41, 5.74) is 1.88. The monoisotopic (exact) mass is 290 g/mol. The molecule has 0 N–H and O–H groups in total. The van der Waals surface area contributed by atoms with Crippen LogP contribution in [0.5, 0.6) is 0 Å². The van der Waals surface area contributed by atoms with Crippen LogP contribution in [0.3, 0.4) is 0 Å². The van der Waals surface area contributed by atoms with Gasteiger partial charge >= 0.3 is 0 Å². The fourth-order valence-corrected chi connectivity index (χ4v) is 2.31. The summed E-state index contributed by atoms with van der Waals surface area (Å²) in [6.07, 6.45) is 0. The number of nitro benzene ring substituents is 1. The Morgan fingerprint density at radius 1 is 1.20 bits per heavy atom. The van der Waals surface area contributed by atoms with Crippen molar-refractivity contribution in [1.29, 1.82) is 0 Å². The van der Waals surface area contributed by atoms with Crippen molar-refractivity contribution in [3.8, 4) is 0 Å². The number of likely N-dealkylation sites (N-methyl/N-ethyl adjacent to an activating group) is 1. The minimum atomic E-state index is -0.409. The number of hydrogen-bond donors (Lipinski definition) is 0. The number of non-ortho nitro benzene ring substituents is 1. The van der Waals surface area contributed by atoms with Gasteiger partial charge in [-0.25, -0.2) is 0 Å². The molecule has 4 nitrogen and oxygen atoms in total. The normalized spacial score (nSPS) is 11.9. The minimum absolute atomic E-state index is 0.0653. The van der Waals surface area contributed by atoms with E-state index in [9.17, 15) is 10.1 Å². The molecule has 0 amide bonds. The van der Waals surface area contributed by atoms with Gasteiger partial charge in [0, 0.05) is 31.4 Å². The largest absolute Gasteiger partial charge is 0.373 e. The summed E-state index contributed by atoms with van der Waals surface area (Å²) in [6.45, 7) is 0.576. The van der Waals surface area contributed by atoms with E-state index in [4.69, 9.17) is 11.6 Å². The van der Waals surface area contributed by atoms with Crippen molar-refractivity contribution in [2.75, 3.05) is 18.5 Å². The molecule has 2 aromatic carbocycles. The molecule has 20 heavy (non-hydrogen) atoms. The van der Waals surface area contributed by atoms with E-state index in [2.05, 4.69) is 0 Å². The molecular formula is C15H15ClN2O2. The van der Waals surface area contributed by atoms with Crippen molar-refractivity contribution in [3.05, 3.63) is 70.3 Å². The highest BCUT2D eigenvalue weighted by Crippen LogP contribution is 2.26. The van der Waals surface area contributed by atoms with Crippen LogP contribution >= 0.6 is 11.6 Å². The second-order valence-electron chi connectivity index (χ2n) is 4.54. The van der Waals surface area contributed by atoms with Crippen LogP contribution < -0.4 is 4.90 Å². The van der Waals surface area contributed by atoms with Gasteiger partial charge in [0.15, 0.2) is 0 Å². The molecule has 5 heteroatoms. The first-order valence-corrected chi connectivity index (χ1v) is 6.66. The predicted octanol–water partition coefficient (Wildman–Crippen LogP) is 4.01. The Labute approximate surface area is 122 Å². The number of halogens is 1. The van der Waals surface area contributed by atoms with E-state index in [0.717, 1.165) is 11.3 Å². The average molecular weight is 291 g/mol. The maximum absolute atomic E-state index is 10.8. The first kappa shape index (κ1) is 14.3. The lowest BCUT2D eigenvalue weighted by Crippen LogP contribution is -2.21. The summed E-state index contributed by atoms with van der Waals surface area (Å²) in [5.74, 6) is 0. The number of rotatable bonds is 5. The zero-order valence-electron chi connectivity index (χ0n) is 11.1. The van der Waals surface area contributed by atoms with Gasteiger partial charge in [-0.2, -0.15) is 0 Å². The molecule has 0 aliphatic carbocycles. The first-order chi connectivity index (χ1) is 9.58. The molecule has 0 fully saturated rings. The number of hydrogen-bond acceptors (Lipinski definition) is 3. The Morgan fingerprint density at radius 2 is 1.90 bits per heavy atom. The SMILES string of the molecule is CN(CC(Cl)c1cccc([N+](=O)[O-])c1)c1ccccc1. The van der Waals surface area contributed by atoms with Crippen molar-refractivity contribution in [3.63, 3.8) is 0 Å². The maximum atomic E-state index is 10.8. The van der Waals surface area contributed by atoms with Crippen molar-refractivity contribution < 1.29 is 4.92 Å². The Bertz CT molecular complexity index is 589. The summed E-state index contributed by atoms with van der Waals surface area (Å²) in [5, 5.41) is 10.5. The second kappa shape index (κ2) is 6.39. The Balaban J connectivity index is 2.10. The van der Waals surface area contributed by atoms with Crippen LogP contribution in [0.25, 0.3) is 0 Å². The van der Waals surface area contributed by atoms with Gasteiger partial charge in [0.1, 0.15) is 0 Å². The van der Waals surface area contributed by atoms with Gasteiger partial charge in [-0.3, -0.25) is 10.1 Å². The van der Waals surface area contributed by atoms with Crippen molar-refractivity contribution in [2.24, 2.45) is 0 Å². The van der Waals surface area contributed by atoms with Crippen LogP contribution in [0.1, 0.15) is 10.9 Å². The molecule has 0 aromatic heterocycles. The molecule has 0 spiro atoms. The van der Waals surface area contributed by atoms with Crippen LogP contribution in [-0.4, -0.2) is 18.5 Å². The molecule has 0 radical (unpaired) electrons. The molecule has 0 aliphatic rings. The van der Waals surface area contributed by atoms with E-state index in [1.54, 1.807) is 6.07 Å². The molecule has 2 aromatic rings. The standard InChI is InChI=1S/C15H15ClN2O2/c1-17(13-7-3-2-4-8-13)11-15(16)12-6-5-9-14(10-12)18(19)20/h2-10,15H,11H2,1H3. The highest BCUT2D eigenvalue weighted by molar-refractivity contribution is 6.21. The van der Waals surface area contributed by atoms with E-state index >= 15 is 0 Å². The molecule has 0 saturated carbocycles. The fraction of sp³-hybridized carbons (Fsp3) is 0.200. The van der Waals surface area contributed by atoms with E-state index in [-0.39, 0.29) is 11.1 Å². The molecule has 0 bridgehead atoms. The van der Waals surface area contributed by atoms with E-state index < -0.39 is 4.92 Å². The highest BCUT2D eigenvalue weighted by Gasteiger charge is 2.14. The summed E-state index contributed by atoms with van der Waals surface area (Å²) in [7, 11) is 1.95. The number of anilines is 1. The number of para-hydroxylation sites is 1. The lowest BCUT2D eigenvalue weighted by molar-refractivity contribution is -0.384. The quantitative estimate of drug-likeness (QED) is 0.475. The van der Waals surface area contributed by atoms with Crippen LogP contribution in [0.2, 0.25) is 0 Å². The molecule has 1 atom stereocenters. The van der Waals surface area contributed by atoms with Crippen LogP contribution in [-0.2, 0) is 0 Å². The van der Waals surface area contributed by atoms with Gasteiger partial charge in [-0.1, -0.05) is 30.3 Å². The summed E-state index contributed by atoms with van der Waals surface area (Å²) in [4.78, 5) is 12.4. The minimum Gasteiger partial charge on any atom is -0.373 e. The zero-order valence-corrected chi connectivity index (χ0v) is 11.8. The van der Waals surface area contributed by atoms with E-state index in [0.29, 0.717) is 6.54 Å². The number of nitro groups is 1. The van der Waals surface area contributed by atoms with Crippen LogP contribution in [0.15, 0.2) is 54.6 Å². The van der Waals surface area contributed by atoms with Crippen LogP contribution in [0, 0.1) is 10.1 Å². The highest BCUT2D eigenvalue weighted by atomic mass is 35.5. The summed E-state index contributed by atoms with van der Waals surface area (Å²) >= 11 is 6.36. The molecule has 2 rings (SSSR count). The molecule has 1 unspecified atom stereocenters. The fourth-order valence-electron chi connectivity index (χ4n) is 1.97. The Hall–Kier alpha value is -2.07. The molecule has 104 valence electrons. The first-order valence-electron chi connectivity index (χ1n) is 6.22. The van der Waals surface area contributed by atoms with Crippen molar-refractivity contribution >= 4 is 23.0 Å². The van der Waals surface area contributed by atoms with Crippen molar-refractivity contribution in [2.45, 2.75) is 5.38 Å². The number of nitrogens with zero attached hydrogens (tertiary/aromatic N) is 2. The molecule has 0 saturated heterocycles.